The fourth-order valence-corrected chi connectivity index (χ4v) is 3.56. The van der Waals surface area contributed by atoms with Crippen LogP contribution >= 0.6 is 39.3 Å². The van der Waals surface area contributed by atoms with Crippen LogP contribution in [0.5, 0.6) is 0 Å². The molecule has 2 rings (SSSR count). The van der Waals surface area contributed by atoms with Crippen molar-refractivity contribution in [2.24, 2.45) is 5.92 Å². The third-order valence-corrected chi connectivity index (χ3v) is 5.36. The molecule has 1 saturated heterocycles. The highest BCUT2D eigenvalue weighted by molar-refractivity contribution is 9.10. The minimum absolute atomic E-state index is 0.0392. The largest absolute Gasteiger partial charge is 0.352 e. The van der Waals surface area contributed by atoms with E-state index in [0.717, 1.165) is 11.0 Å². The average Bonchev–Trinajstić information content (AvgIpc) is 2.40. The number of halogens is 2. The van der Waals surface area contributed by atoms with Crippen molar-refractivity contribution in [1.29, 1.82) is 0 Å². The smallest absolute Gasteiger partial charge is 0.251 e. The number of hydrogen-bond donors (Lipinski definition) is 1. The molecule has 18 heavy (non-hydrogen) atoms. The van der Waals surface area contributed by atoms with Crippen molar-refractivity contribution in [3.8, 4) is 0 Å². The zero-order valence-corrected chi connectivity index (χ0v) is 13.1. The third-order valence-electron chi connectivity index (χ3n) is 3.07. The number of hydrogen-bond acceptors (Lipinski definition) is 2. The number of benzene rings is 1. The SMILES string of the molecule is O=C(NCC1CCSCC1)c1ccc(Br)c(Cl)c1. The van der Waals surface area contributed by atoms with E-state index >= 15 is 0 Å². The summed E-state index contributed by atoms with van der Waals surface area (Å²) in [6, 6.07) is 5.27. The summed E-state index contributed by atoms with van der Waals surface area (Å²) < 4.78 is 0.810. The normalized spacial score (nSPS) is 16.6. The van der Waals surface area contributed by atoms with Crippen molar-refractivity contribution in [2.45, 2.75) is 12.8 Å². The summed E-state index contributed by atoms with van der Waals surface area (Å²) in [4.78, 5) is 12.0. The Bertz CT molecular complexity index is 435. The van der Waals surface area contributed by atoms with Crippen LogP contribution in [-0.2, 0) is 0 Å². The molecule has 5 heteroatoms. The van der Waals surface area contributed by atoms with Crippen molar-refractivity contribution < 1.29 is 4.79 Å². The topological polar surface area (TPSA) is 29.1 Å². The predicted molar refractivity (Wildman–Crippen MR) is 81.5 cm³/mol. The molecule has 0 saturated carbocycles. The van der Waals surface area contributed by atoms with Crippen LogP contribution in [-0.4, -0.2) is 24.0 Å². The van der Waals surface area contributed by atoms with Crippen LogP contribution in [0, 0.1) is 5.92 Å². The zero-order chi connectivity index (χ0) is 13.0. The zero-order valence-electron chi connectivity index (χ0n) is 9.92. The minimum atomic E-state index is -0.0392. The van der Waals surface area contributed by atoms with Gasteiger partial charge in [-0.1, -0.05) is 11.6 Å². The maximum absolute atomic E-state index is 12.0. The number of carbonyl (C=O) groups excluding carboxylic acids is 1. The molecular weight excluding hydrogens is 334 g/mol. The van der Waals surface area contributed by atoms with Gasteiger partial charge < -0.3 is 5.32 Å². The first-order valence-electron chi connectivity index (χ1n) is 5.98. The van der Waals surface area contributed by atoms with Crippen LogP contribution in [0.4, 0.5) is 0 Å². The number of thioether (sulfide) groups is 1. The van der Waals surface area contributed by atoms with Crippen LogP contribution in [0.2, 0.25) is 5.02 Å². The standard InChI is InChI=1S/C13H15BrClNOS/c14-11-2-1-10(7-12(11)15)13(17)16-8-9-3-5-18-6-4-9/h1-2,7,9H,3-6,8H2,(H,16,17). The summed E-state index contributed by atoms with van der Waals surface area (Å²) in [6.45, 7) is 0.771. The Morgan fingerprint density at radius 3 is 2.83 bits per heavy atom. The number of rotatable bonds is 3. The molecule has 0 bridgehead atoms. The Kier molecular flexibility index (Phi) is 5.39. The number of carbonyl (C=O) groups is 1. The molecule has 0 unspecified atom stereocenters. The Morgan fingerprint density at radius 1 is 1.44 bits per heavy atom. The summed E-state index contributed by atoms with van der Waals surface area (Å²) in [6.07, 6.45) is 2.40. The van der Waals surface area contributed by atoms with Gasteiger partial charge in [-0.05, 0) is 64.4 Å². The molecule has 1 aromatic rings. The van der Waals surface area contributed by atoms with Gasteiger partial charge in [-0.15, -0.1) is 0 Å². The molecule has 2 nitrogen and oxygen atoms in total. The molecule has 1 amide bonds. The fraction of sp³-hybridized carbons (Fsp3) is 0.462. The van der Waals surface area contributed by atoms with Crippen LogP contribution < -0.4 is 5.32 Å². The monoisotopic (exact) mass is 347 g/mol. The Labute approximate surface area is 125 Å². The van der Waals surface area contributed by atoms with Gasteiger partial charge >= 0.3 is 0 Å². The highest BCUT2D eigenvalue weighted by Gasteiger charge is 2.15. The van der Waals surface area contributed by atoms with E-state index in [1.807, 2.05) is 11.8 Å². The lowest BCUT2D eigenvalue weighted by atomic mass is 10.0. The van der Waals surface area contributed by atoms with E-state index in [9.17, 15) is 4.79 Å². The summed E-state index contributed by atoms with van der Waals surface area (Å²) in [7, 11) is 0. The lowest BCUT2D eigenvalue weighted by Crippen LogP contribution is -2.30. The van der Waals surface area contributed by atoms with E-state index in [1.165, 1.54) is 24.3 Å². The van der Waals surface area contributed by atoms with Crippen LogP contribution in [0.1, 0.15) is 23.2 Å². The molecule has 1 N–H and O–H groups in total. The molecule has 0 spiro atoms. The van der Waals surface area contributed by atoms with Gasteiger partial charge in [0.05, 0.1) is 5.02 Å². The predicted octanol–water partition coefficient (Wildman–Crippen LogP) is 3.98. The van der Waals surface area contributed by atoms with Gasteiger partial charge in [0.1, 0.15) is 0 Å². The lowest BCUT2D eigenvalue weighted by molar-refractivity contribution is 0.0946. The van der Waals surface area contributed by atoms with E-state index < -0.39 is 0 Å². The van der Waals surface area contributed by atoms with E-state index in [0.29, 0.717) is 16.5 Å². The molecular formula is C13H15BrClNOS. The number of nitrogens with one attached hydrogen (secondary N) is 1. The first kappa shape index (κ1) is 14.2. The van der Waals surface area contributed by atoms with Gasteiger partial charge in [-0.3, -0.25) is 4.79 Å². The van der Waals surface area contributed by atoms with Crippen LogP contribution in [0.3, 0.4) is 0 Å². The van der Waals surface area contributed by atoms with Gasteiger partial charge in [0.25, 0.3) is 5.91 Å². The van der Waals surface area contributed by atoms with Gasteiger partial charge in [0.2, 0.25) is 0 Å². The number of amides is 1. The van der Waals surface area contributed by atoms with Gasteiger partial charge in [0, 0.05) is 16.6 Å². The molecule has 1 aliphatic rings. The summed E-state index contributed by atoms with van der Waals surface area (Å²) in [5.74, 6) is 3.01. The summed E-state index contributed by atoms with van der Waals surface area (Å²) in [5, 5.41) is 3.56. The molecule has 0 atom stereocenters. The van der Waals surface area contributed by atoms with Crippen molar-refractivity contribution in [1.82, 2.24) is 5.32 Å². The Morgan fingerprint density at radius 2 is 2.17 bits per heavy atom. The fourth-order valence-electron chi connectivity index (χ4n) is 1.93. The molecule has 1 fully saturated rings. The molecule has 0 radical (unpaired) electrons. The van der Waals surface area contributed by atoms with Gasteiger partial charge in [-0.2, -0.15) is 11.8 Å². The van der Waals surface area contributed by atoms with Crippen molar-refractivity contribution in [3.05, 3.63) is 33.3 Å². The maximum Gasteiger partial charge on any atom is 0.251 e. The molecule has 1 aliphatic heterocycles. The summed E-state index contributed by atoms with van der Waals surface area (Å²) >= 11 is 11.3. The van der Waals surface area contributed by atoms with Crippen molar-refractivity contribution in [3.63, 3.8) is 0 Å². The Balaban J connectivity index is 1.88. The molecule has 1 aromatic carbocycles. The average molecular weight is 349 g/mol. The van der Waals surface area contributed by atoms with Gasteiger partial charge in [-0.25, -0.2) is 0 Å². The first-order chi connectivity index (χ1) is 8.66. The molecule has 0 aromatic heterocycles. The summed E-state index contributed by atoms with van der Waals surface area (Å²) in [5.41, 5.74) is 0.619. The van der Waals surface area contributed by atoms with E-state index in [1.54, 1.807) is 18.2 Å². The van der Waals surface area contributed by atoms with Crippen molar-refractivity contribution in [2.75, 3.05) is 18.1 Å². The minimum Gasteiger partial charge on any atom is -0.352 e. The first-order valence-corrected chi connectivity index (χ1v) is 8.30. The maximum atomic E-state index is 12.0. The second-order valence-corrected chi connectivity index (χ2v) is 6.88. The highest BCUT2D eigenvalue weighted by atomic mass is 79.9. The molecule has 0 aliphatic carbocycles. The van der Waals surface area contributed by atoms with Crippen molar-refractivity contribution >= 4 is 45.2 Å². The van der Waals surface area contributed by atoms with E-state index in [2.05, 4.69) is 21.2 Å². The van der Waals surface area contributed by atoms with E-state index in [4.69, 9.17) is 11.6 Å². The molecule has 98 valence electrons. The second kappa shape index (κ2) is 6.83. The molecule has 1 heterocycles. The van der Waals surface area contributed by atoms with E-state index in [-0.39, 0.29) is 5.91 Å². The van der Waals surface area contributed by atoms with Gasteiger partial charge in [0.15, 0.2) is 0 Å². The third kappa shape index (κ3) is 3.90. The highest BCUT2D eigenvalue weighted by Crippen LogP contribution is 2.24. The Hall–Kier alpha value is -0.190. The quantitative estimate of drug-likeness (QED) is 0.895. The lowest BCUT2D eigenvalue weighted by Gasteiger charge is -2.21. The van der Waals surface area contributed by atoms with Crippen LogP contribution in [0.25, 0.3) is 0 Å². The van der Waals surface area contributed by atoms with Crippen LogP contribution in [0.15, 0.2) is 22.7 Å². The second-order valence-electron chi connectivity index (χ2n) is 4.39.